The highest BCUT2D eigenvalue weighted by Crippen LogP contribution is 2.02. The summed E-state index contributed by atoms with van der Waals surface area (Å²) in [5, 5.41) is 2.75. The van der Waals surface area contributed by atoms with E-state index in [-0.39, 0.29) is 43.4 Å². The summed E-state index contributed by atoms with van der Waals surface area (Å²) in [5.41, 5.74) is 0.790. The third-order valence-corrected chi connectivity index (χ3v) is 4.87. The number of likely N-dealkylation sites (N-methyl/N-ethyl adjacent to an activating group) is 1. The lowest BCUT2D eigenvalue weighted by Gasteiger charge is -2.32. The number of nitrogens with zero attached hydrogens (tertiary/aromatic N) is 2. The highest BCUT2D eigenvalue weighted by molar-refractivity contribution is 5.85. The second-order valence-electron chi connectivity index (χ2n) is 6.92. The number of hydrogen-bond donors (Lipinski definition) is 2. The molecule has 0 aromatic heterocycles. The SMILES string of the molecule is CCOC(=O)N1CC[NH+](CC(=O)N(CC)CC(=O)NCc2ccc(F)cc2)CC1. The predicted molar refractivity (Wildman–Crippen MR) is 105 cm³/mol. The van der Waals surface area contributed by atoms with E-state index in [4.69, 9.17) is 4.74 Å². The van der Waals surface area contributed by atoms with Gasteiger partial charge in [-0.2, -0.15) is 0 Å². The summed E-state index contributed by atoms with van der Waals surface area (Å²) in [6.07, 6.45) is -0.314. The fourth-order valence-electron chi connectivity index (χ4n) is 3.13. The van der Waals surface area contributed by atoms with Crippen LogP contribution in [0.2, 0.25) is 0 Å². The van der Waals surface area contributed by atoms with Crippen molar-refractivity contribution in [2.75, 3.05) is 52.4 Å². The molecule has 0 bridgehead atoms. The van der Waals surface area contributed by atoms with E-state index in [1.807, 2.05) is 6.92 Å². The Morgan fingerprint density at radius 3 is 2.41 bits per heavy atom. The molecule has 8 nitrogen and oxygen atoms in total. The number of carbonyl (C=O) groups excluding carboxylic acids is 3. The molecule has 0 atom stereocenters. The van der Waals surface area contributed by atoms with Gasteiger partial charge in [-0.1, -0.05) is 12.1 Å². The lowest BCUT2D eigenvalue weighted by Crippen LogP contribution is -3.15. The lowest BCUT2D eigenvalue weighted by molar-refractivity contribution is -0.896. The molecule has 1 heterocycles. The van der Waals surface area contributed by atoms with E-state index in [0.29, 0.717) is 39.3 Å². The van der Waals surface area contributed by atoms with Crippen LogP contribution in [0.1, 0.15) is 19.4 Å². The first-order valence-electron chi connectivity index (χ1n) is 9.97. The van der Waals surface area contributed by atoms with Gasteiger partial charge in [0, 0.05) is 13.1 Å². The van der Waals surface area contributed by atoms with Crippen LogP contribution in [-0.2, 0) is 20.9 Å². The quantitative estimate of drug-likeness (QED) is 0.615. The third-order valence-electron chi connectivity index (χ3n) is 4.87. The molecule has 0 unspecified atom stereocenters. The zero-order valence-corrected chi connectivity index (χ0v) is 17.1. The summed E-state index contributed by atoms with van der Waals surface area (Å²) in [5.74, 6) is -0.677. The maximum Gasteiger partial charge on any atom is 0.410 e. The molecule has 1 saturated heterocycles. The third kappa shape index (κ3) is 7.34. The molecule has 1 fully saturated rings. The number of hydrogen-bond acceptors (Lipinski definition) is 4. The van der Waals surface area contributed by atoms with Crippen molar-refractivity contribution in [1.29, 1.82) is 0 Å². The summed E-state index contributed by atoms with van der Waals surface area (Å²) < 4.78 is 17.9. The molecule has 0 radical (unpaired) electrons. The average Bonchev–Trinajstić information content (AvgIpc) is 2.72. The number of benzene rings is 1. The number of ether oxygens (including phenoxy) is 1. The highest BCUT2D eigenvalue weighted by Gasteiger charge is 2.27. The Kier molecular flexibility index (Phi) is 8.85. The van der Waals surface area contributed by atoms with Gasteiger partial charge in [0.25, 0.3) is 5.91 Å². The van der Waals surface area contributed by atoms with Crippen LogP contribution in [-0.4, -0.2) is 80.1 Å². The second-order valence-corrected chi connectivity index (χ2v) is 6.92. The molecule has 1 aromatic carbocycles. The Bertz CT molecular complexity index is 690. The standard InChI is InChI=1S/C20H29FN4O4/c1-3-24(14-18(26)22-13-16-5-7-17(21)8-6-16)19(27)15-23-9-11-25(12-10-23)20(28)29-4-2/h5-8H,3-4,9-15H2,1-2H3,(H,22,26)/p+1. The number of quaternary nitrogens is 1. The van der Waals surface area contributed by atoms with E-state index >= 15 is 0 Å². The van der Waals surface area contributed by atoms with Gasteiger partial charge < -0.3 is 19.9 Å². The highest BCUT2D eigenvalue weighted by atomic mass is 19.1. The number of halogens is 1. The molecule has 1 aliphatic rings. The van der Waals surface area contributed by atoms with Crippen LogP contribution in [0.15, 0.2) is 24.3 Å². The minimum Gasteiger partial charge on any atom is -0.450 e. The van der Waals surface area contributed by atoms with E-state index in [0.717, 1.165) is 10.5 Å². The molecule has 3 amide bonds. The van der Waals surface area contributed by atoms with E-state index in [2.05, 4.69) is 5.32 Å². The topological polar surface area (TPSA) is 83.4 Å². The number of nitrogens with one attached hydrogen (secondary N) is 2. The first-order valence-corrected chi connectivity index (χ1v) is 9.97. The summed E-state index contributed by atoms with van der Waals surface area (Å²) in [6, 6.07) is 5.90. The fraction of sp³-hybridized carbons (Fsp3) is 0.550. The van der Waals surface area contributed by atoms with Crippen molar-refractivity contribution < 1.29 is 28.4 Å². The zero-order chi connectivity index (χ0) is 21.2. The molecule has 9 heteroatoms. The van der Waals surface area contributed by atoms with Crippen molar-refractivity contribution in [3.05, 3.63) is 35.6 Å². The van der Waals surface area contributed by atoms with Crippen LogP contribution in [0.4, 0.5) is 9.18 Å². The molecule has 2 rings (SSSR count). The Morgan fingerprint density at radius 1 is 1.17 bits per heavy atom. The van der Waals surface area contributed by atoms with Crippen LogP contribution in [0.5, 0.6) is 0 Å². The van der Waals surface area contributed by atoms with E-state index in [1.54, 1.807) is 24.0 Å². The molecular formula is C20H30FN4O4+. The fourth-order valence-corrected chi connectivity index (χ4v) is 3.13. The van der Waals surface area contributed by atoms with E-state index in [1.165, 1.54) is 17.0 Å². The van der Waals surface area contributed by atoms with Crippen molar-refractivity contribution >= 4 is 17.9 Å². The average molecular weight is 409 g/mol. The molecule has 0 spiro atoms. The molecule has 0 aliphatic carbocycles. The Labute approximate surface area is 170 Å². The zero-order valence-electron chi connectivity index (χ0n) is 17.1. The first-order chi connectivity index (χ1) is 13.9. The summed E-state index contributed by atoms with van der Waals surface area (Å²) >= 11 is 0. The van der Waals surface area contributed by atoms with Gasteiger partial charge in [-0.25, -0.2) is 9.18 Å². The van der Waals surface area contributed by atoms with Gasteiger partial charge in [0.15, 0.2) is 6.54 Å². The minimum absolute atomic E-state index is 0.0151. The molecule has 160 valence electrons. The Morgan fingerprint density at radius 2 is 1.83 bits per heavy atom. The summed E-state index contributed by atoms with van der Waals surface area (Å²) in [4.78, 5) is 40.8. The van der Waals surface area contributed by atoms with Crippen molar-refractivity contribution in [3.63, 3.8) is 0 Å². The number of amides is 3. The lowest BCUT2D eigenvalue weighted by atomic mass is 10.2. The Balaban J connectivity index is 1.74. The van der Waals surface area contributed by atoms with Crippen LogP contribution in [0.3, 0.4) is 0 Å². The normalized spacial score (nSPS) is 14.4. The van der Waals surface area contributed by atoms with Gasteiger partial charge >= 0.3 is 6.09 Å². The first kappa shape index (κ1) is 22.6. The number of rotatable bonds is 8. The number of carbonyl (C=O) groups is 3. The van der Waals surface area contributed by atoms with Crippen molar-refractivity contribution in [2.24, 2.45) is 0 Å². The second kappa shape index (κ2) is 11.4. The molecule has 1 aliphatic heterocycles. The maximum absolute atomic E-state index is 12.9. The van der Waals surface area contributed by atoms with Gasteiger partial charge in [0.05, 0.1) is 39.3 Å². The molecule has 2 N–H and O–H groups in total. The molecular weight excluding hydrogens is 379 g/mol. The molecule has 1 aromatic rings. The maximum atomic E-state index is 12.9. The van der Waals surface area contributed by atoms with Gasteiger partial charge in [-0.05, 0) is 31.5 Å². The van der Waals surface area contributed by atoms with Crippen molar-refractivity contribution in [2.45, 2.75) is 20.4 Å². The van der Waals surface area contributed by atoms with Crippen molar-refractivity contribution in [3.8, 4) is 0 Å². The predicted octanol–water partition coefficient (Wildman–Crippen LogP) is -0.353. The largest absolute Gasteiger partial charge is 0.450 e. The van der Waals surface area contributed by atoms with Crippen LogP contribution in [0, 0.1) is 5.82 Å². The van der Waals surface area contributed by atoms with Gasteiger partial charge in [-0.15, -0.1) is 0 Å². The smallest absolute Gasteiger partial charge is 0.410 e. The summed E-state index contributed by atoms with van der Waals surface area (Å²) in [6.45, 7) is 7.37. The van der Waals surface area contributed by atoms with Crippen molar-refractivity contribution in [1.82, 2.24) is 15.1 Å². The monoisotopic (exact) mass is 409 g/mol. The molecule has 29 heavy (non-hydrogen) atoms. The number of piperazine rings is 1. The van der Waals surface area contributed by atoms with Crippen LogP contribution in [0.25, 0.3) is 0 Å². The van der Waals surface area contributed by atoms with Gasteiger partial charge in [0.2, 0.25) is 5.91 Å². The van der Waals surface area contributed by atoms with E-state index < -0.39 is 0 Å². The van der Waals surface area contributed by atoms with Crippen LogP contribution >= 0.6 is 0 Å². The van der Waals surface area contributed by atoms with Crippen LogP contribution < -0.4 is 10.2 Å². The van der Waals surface area contributed by atoms with Gasteiger partial charge in [0.1, 0.15) is 5.82 Å². The van der Waals surface area contributed by atoms with Gasteiger partial charge in [-0.3, -0.25) is 14.5 Å². The van der Waals surface area contributed by atoms with E-state index in [9.17, 15) is 18.8 Å². The summed E-state index contributed by atoms with van der Waals surface area (Å²) in [7, 11) is 0. The Hall–Kier alpha value is -2.68. The minimum atomic E-state index is -0.326. The molecule has 0 saturated carbocycles.